The van der Waals surface area contributed by atoms with Crippen molar-refractivity contribution in [3.05, 3.63) is 66.4 Å². The molecular formula is C19H17N3O3. The molecule has 0 aliphatic carbocycles. The number of furan rings is 1. The van der Waals surface area contributed by atoms with Gasteiger partial charge in [0.25, 0.3) is 5.89 Å². The van der Waals surface area contributed by atoms with Crippen molar-refractivity contribution in [2.45, 2.75) is 12.3 Å². The van der Waals surface area contributed by atoms with Gasteiger partial charge >= 0.3 is 0 Å². The molecule has 1 aromatic carbocycles. The maximum Gasteiger partial charge on any atom is 0.257 e. The number of benzene rings is 1. The Morgan fingerprint density at radius 1 is 1.20 bits per heavy atom. The second-order valence-electron chi connectivity index (χ2n) is 5.94. The molecule has 3 heterocycles. The largest absolute Gasteiger partial charge is 0.465 e. The number of aromatic nitrogens is 2. The molecule has 1 amide bonds. The van der Waals surface area contributed by atoms with Crippen molar-refractivity contribution in [1.29, 1.82) is 0 Å². The molecule has 1 aliphatic rings. The Morgan fingerprint density at radius 2 is 2.08 bits per heavy atom. The van der Waals surface area contributed by atoms with Crippen LogP contribution in [0.25, 0.3) is 17.5 Å². The first-order valence-corrected chi connectivity index (χ1v) is 8.19. The highest BCUT2D eigenvalue weighted by Gasteiger charge is 2.29. The highest BCUT2D eigenvalue weighted by molar-refractivity contribution is 5.91. The summed E-state index contributed by atoms with van der Waals surface area (Å²) in [6, 6.07) is 13.3. The van der Waals surface area contributed by atoms with Crippen LogP contribution in [-0.2, 0) is 4.79 Å². The highest BCUT2D eigenvalue weighted by atomic mass is 16.5. The van der Waals surface area contributed by atoms with Crippen LogP contribution in [0.2, 0.25) is 0 Å². The zero-order valence-electron chi connectivity index (χ0n) is 13.5. The van der Waals surface area contributed by atoms with E-state index >= 15 is 0 Å². The van der Waals surface area contributed by atoms with E-state index in [0.717, 1.165) is 12.0 Å². The van der Waals surface area contributed by atoms with Gasteiger partial charge in [0, 0.05) is 30.6 Å². The molecule has 6 heteroatoms. The van der Waals surface area contributed by atoms with Gasteiger partial charge in [-0.05, 0) is 36.8 Å². The van der Waals surface area contributed by atoms with Gasteiger partial charge in [-0.1, -0.05) is 23.4 Å². The van der Waals surface area contributed by atoms with E-state index in [-0.39, 0.29) is 11.8 Å². The molecule has 1 unspecified atom stereocenters. The standard InChI is InChI=1S/C19H17N3O3/c23-17(9-8-16-7-4-12-24-16)22-11-10-15(13-22)18-20-19(25-21-18)14-5-2-1-3-6-14/h1-9,12,15H,10-11,13H2. The smallest absolute Gasteiger partial charge is 0.257 e. The first-order valence-electron chi connectivity index (χ1n) is 8.19. The fourth-order valence-electron chi connectivity index (χ4n) is 2.91. The molecule has 1 fully saturated rings. The predicted octanol–water partition coefficient (Wildman–Crippen LogP) is 3.36. The van der Waals surface area contributed by atoms with Crippen molar-refractivity contribution in [2.24, 2.45) is 0 Å². The first-order chi connectivity index (χ1) is 12.3. The number of rotatable bonds is 4. The van der Waals surface area contributed by atoms with Crippen LogP contribution >= 0.6 is 0 Å². The molecule has 6 nitrogen and oxygen atoms in total. The van der Waals surface area contributed by atoms with Crippen molar-refractivity contribution in [3.63, 3.8) is 0 Å². The fraction of sp³-hybridized carbons (Fsp3) is 0.211. The fourth-order valence-corrected chi connectivity index (χ4v) is 2.91. The SMILES string of the molecule is O=C(C=Cc1ccco1)N1CCC(c2noc(-c3ccccc3)n2)C1. The van der Waals surface area contributed by atoms with Gasteiger partial charge in [-0.2, -0.15) is 4.98 Å². The number of hydrogen-bond acceptors (Lipinski definition) is 5. The molecule has 0 N–H and O–H groups in total. The van der Waals surface area contributed by atoms with Gasteiger partial charge in [0.15, 0.2) is 5.82 Å². The van der Waals surface area contributed by atoms with Crippen LogP contribution in [0.3, 0.4) is 0 Å². The Labute approximate surface area is 144 Å². The summed E-state index contributed by atoms with van der Waals surface area (Å²) in [5.74, 6) is 1.89. The Bertz CT molecular complexity index is 868. The highest BCUT2D eigenvalue weighted by Crippen LogP contribution is 2.27. The topological polar surface area (TPSA) is 72.4 Å². The molecule has 1 saturated heterocycles. The minimum absolute atomic E-state index is 0.0364. The van der Waals surface area contributed by atoms with Gasteiger partial charge < -0.3 is 13.8 Å². The van der Waals surface area contributed by atoms with Crippen LogP contribution in [0.15, 0.2) is 63.7 Å². The molecule has 25 heavy (non-hydrogen) atoms. The number of carbonyl (C=O) groups is 1. The van der Waals surface area contributed by atoms with Crippen LogP contribution in [0.4, 0.5) is 0 Å². The molecule has 0 bridgehead atoms. The molecule has 1 atom stereocenters. The minimum atomic E-state index is -0.0364. The number of carbonyl (C=O) groups excluding carboxylic acids is 1. The summed E-state index contributed by atoms with van der Waals surface area (Å²) in [6.07, 6.45) is 5.62. The van der Waals surface area contributed by atoms with E-state index < -0.39 is 0 Å². The quantitative estimate of drug-likeness (QED) is 0.684. The average Bonchev–Trinajstić information content (AvgIpc) is 3.41. The predicted molar refractivity (Wildman–Crippen MR) is 91.4 cm³/mol. The summed E-state index contributed by atoms with van der Waals surface area (Å²) in [5, 5.41) is 4.10. The van der Waals surface area contributed by atoms with Gasteiger partial charge in [0.05, 0.1) is 6.26 Å². The van der Waals surface area contributed by atoms with E-state index in [1.165, 1.54) is 6.08 Å². The molecule has 0 saturated carbocycles. The molecule has 4 rings (SSSR count). The molecular weight excluding hydrogens is 318 g/mol. The van der Waals surface area contributed by atoms with Crippen LogP contribution < -0.4 is 0 Å². The van der Waals surface area contributed by atoms with E-state index in [1.807, 2.05) is 30.3 Å². The zero-order valence-corrected chi connectivity index (χ0v) is 13.5. The maximum atomic E-state index is 12.3. The summed E-state index contributed by atoms with van der Waals surface area (Å²) < 4.78 is 10.6. The normalized spacial score (nSPS) is 17.4. The van der Waals surface area contributed by atoms with Gasteiger partial charge in [0.2, 0.25) is 5.91 Å². The lowest BCUT2D eigenvalue weighted by molar-refractivity contribution is -0.125. The Morgan fingerprint density at radius 3 is 2.88 bits per heavy atom. The van der Waals surface area contributed by atoms with Gasteiger partial charge in [-0.25, -0.2) is 0 Å². The Hall–Kier alpha value is -3.15. The van der Waals surface area contributed by atoms with Crippen molar-refractivity contribution in [3.8, 4) is 11.5 Å². The van der Waals surface area contributed by atoms with Crippen LogP contribution in [0.1, 0.15) is 23.9 Å². The third-order valence-electron chi connectivity index (χ3n) is 4.26. The number of amides is 1. The van der Waals surface area contributed by atoms with Crippen molar-refractivity contribution < 1.29 is 13.7 Å². The number of likely N-dealkylation sites (tertiary alicyclic amines) is 1. The molecule has 126 valence electrons. The van der Waals surface area contributed by atoms with Crippen molar-refractivity contribution in [2.75, 3.05) is 13.1 Å². The maximum absolute atomic E-state index is 12.3. The van der Waals surface area contributed by atoms with E-state index in [9.17, 15) is 4.79 Å². The Kier molecular flexibility index (Phi) is 4.16. The van der Waals surface area contributed by atoms with Gasteiger partial charge in [-0.3, -0.25) is 4.79 Å². The second-order valence-corrected chi connectivity index (χ2v) is 5.94. The van der Waals surface area contributed by atoms with Crippen LogP contribution in [0, 0.1) is 0 Å². The van der Waals surface area contributed by atoms with Gasteiger partial charge in [0.1, 0.15) is 5.76 Å². The molecule has 0 radical (unpaired) electrons. The Balaban J connectivity index is 1.41. The van der Waals surface area contributed by atoms with Crippen LogP contribution in [-0.4, -0.2) is 34.0 Å². The molecule has 3 aromatic rings. The van der Waals surface area contributed by atoms with Crippen LogP contribution in [0.5, 0.6) is 0 Å². The minimum Gasteiger partial charge on any atom is -0.465 e. The third-order valence-corrected chi connectivity index (χ3v) is 4.26. The van der Waals surface area contributed by atoms with E-state index in [4.69, 9.17) is 8.94 Å². The average molecular weight is 335 g/mol. The summed E-state index contributed by atoms with van der Waals surface area (Å²) in [7, 11) is 0. The lowest BCUT2D eigenvalue weighted by atomic mass is 10.1. The summed E-state index contributed by atoms with van der Waals surface area (Å²) in [4.78, 5) is 18.6. The second kappa shape index (κ2) is 6.76. The lowest BCUT2D eigenvalue weighted by Gasteiger charge is -2.12. The number of hydrogen-bond donors (Lipinski definition) is 0. The van der Waals surface area contributed by atoms with Gasteiger partial charge in [-0.15, -0.1) is 0 Å². The van der Waals surface area contributed by atoms with Crippen molar-refractivity contribution >= 4 is 12.0 Å². The van der Waals surface area contributed by atoms with E-state index in [2.05, 4.69) is 10.1 Å². The first kappa shape index (κ1) is 15.4. The van der Waals surface area contributed by atoms with E-state index in [1.54, 1.807) is 29.4 Å². The van der Waals surface area contributed by atoms with Crippen molar-refractivity contribution in [1.82, 2.24) is 15.0 Å². The third kappa shape index (κ3) is 3.38. The number of nitrogens with zero attached hydrogens (tertiary/aromatic N) is 3. The summed E-state index contributed by atoms with van der Waals surface area (Å²) in [5.41, 5.74) is 0.897. The molecule has 2 aromatic heterocycles. The summed E-state index contributed by atoms with van der Waals surface area (Å²) in [6.45, 7) is 1.27. The van der Waals surface area contributed by atoms with E-state index in [0.29, 0.717) is 30.6 Å². The summed E-state index contributed by atoms with van der Waals surface area (Å²) >= 11 is 0. The molecule has 0 spiro atoms. The lowest BCUT2D eigenvalue weighted by Crippen LogP contribution is -2.26. The monoisotopic (exact) mass is 335 g/mol. The zero-order chi connectivity index (χ0) is 17.1. The molecule has 1 aliphatic heterocycles.